The maximum absolute atomic E-state index is 5.74. The monoisotopic (exact) mass is 170 g/mol. The van der Waals surface area contributed by atoms with Gasteiger partial charge in [-0.25, -0.2) is 0 Å². The van der Waals surface area contributed by atoms with Crippen molar-refractivity contribution in [2.75, 3.05) is 0 Å². The van der Waals surface area contributed by atoms with Gasteiger partial charge in [0.05, 0.1) is 0 Å². The molecule has 0 spiro atoms. The predicted octanol–water partition coefficient (Wildman–Crippen LogP) is 2.33. The lowest BCUT2D eigenvalue weighted by atomic mass is 9.89. The smallest absolute Gasteiger partial charge is 0.166 e. The number of hydrogen-bond donors (Lipinski definition) is 0. The fourth-order valence-electron chi connectivity index (χ4n) is 2.11. The minimum Gasteiger partial charge on any atom is -0.477 e. The zero-order valence-electron chi connectivity index (χ0n) is 7.29. The molecule has 0 bridgehead atoms. The van der Waals surface area contributed by atoms with Gasteiger partial charge in [-0.15, -0.1) is 0 Å². The van der Waals surface area contributed by atoms with E-state index in [1.165, 1.54) is 5.56 Å². The van der Waals surface area contributed by atoms with Crippen molar-refractivity contribution in [3.8, 4) is 17.6 Å². The molecule has 0 radical (unpaired) electrons. The topological polar surface area (TPSA) is 9.23 Å². The lowest BCUT2D eigenvalue weighted by molar-refractivity contribution is 0.256. The van der Waals surface area contributed by atoms with Crippen LogP contribution in [-0.2, 0) is 0 Å². The number of fused-ring (bicyclic) bond motifs is 3. The van der Waals surface area contributed by atoms with Gasteiger partial charge in [-0.1, -0.05) is 30.0 Å². The molecule has 1 aliphatic carbocycles. The van der Waals surface area contributed by atoms with Crippen molar-refractivity contribution in [3.63, 3.8) is 0 Å². The van der Waals surface area contributed by atoms with Crippen LogP contribution >= 0.6 is 0 Å². The Labute approximate surface area is 77.7 Å². The summed E-state index contributed by atoms with van der Waals surface area (Å²) in [5, 5.41) is 0. The van der Waals surface area contributed by atoms with Crippen molar-refractivity contribution in [3.05, 3.63) is 29.8 Å². The molecule has 13 heavy (non-hydrogen) atoms. The summed E-state index contributed by atoms with van der Waals surface area (Å²) in [4.78, 5) is 0. The fraction of sp³-hybridized carbons (Fsp3) is 0.333. The molecule has 0 aromatic heterocycles. The Balaban J connectivity index is 2.09. The maximum atomic E-state index is 5.74. The molecule has 1 aromatic carbocycles. The second-order valence-electron chi connectivity index (χ2n) is 3.54. The lowest BCUT2D eigenvalue weighted by Gasteiger charge is -2.15. The highest BCUT2D eigenvalue weighted by atomic mass is 16.5. The van der Waals surface area contributed by atoms with E-state index >= 15 is 0 Å². The quantitative estimate of drug-likeness (QED) is 0.543. The van der Waals surface area contributed by atoms with Crippen molar-refractivity contribution in [2.45, 2.75) is 24.9 Å². The molecule has 2 atom stereocenters. The number of benzene rings is 1. The van der Waals surface area contributed by atoms with Crippen molar-refractivity contribution in [1.82, 2.24) is 0 Å². The molecule has 0 N–H and O–H groups in total. The molecule has 1 aromatic rings. The van der Waals surface area contributed by atoms with Gasteiger partial charge in [-0.2, -0.15) is 0 Å². The van der Waals surface area contributed by atoms with Gasteiger partial charge < -0.3 is 4.74 Å². The first-order valence-electron chi connectivity index (χ1n) is 4.69. The number of rotatable bonds is 0. The molecule has 0 saturated heterocycles. The van der Waals surface area contributed by atoms with Crippen LogP contribution in [-0.4, -0.2) is 6.10 Å². The molecule has 1 heteroatoms. The van der Waals surface area contributed by atoms with E-state index in [-0.39, 0.29) is 6.10 Å². The van der Waals surface area contributed by atoms with E-state index in [0.717, 1.165) is 18.6 Å². The average molecular weight is 170 g/mol. The molecule has 1 nitrogen and oxygen atoms in total. The summed E-state index contributed by atoms with van der Waals surface area (Å²) in [7, 11) is 0. The van der Waals surface area contributed by atoms with Crippen LogP contribution in [0.5, 0.6) is 5.75 Å². The summed E-state index contributed by atoms with van der Waals surface area (Å²) in [6.07, 6.45) is 2.29. The molecule has 1 heterocycles. The number of para-hydroxylation sites is 1. The van der Waals surface area contributed by atoms with Crippen LogP contribution in [0.4, 0.5) is 0 Å². The van der Waals surface area contributed by atoms with Crippen molar-refractivity contribution in [2.24, 2.45) is 0 Å². The lowest BCUT2D eigenvalue weighted by Crippen LogP contribution is -2.18. The molecular formula is C12H10O. The van der Waals surface area contributed by atoms with E-state index in [0.29, 0.717) is 5.92 Å². The average Bonchev–Trinajstić information content (AvgIpc) is 2.56. The first-order chi connectivity index (χ1) is 6.45. The fourth-order valence-corrected chi connectivity index (χ4v) is 2.11. The molecule has 2 aliphatic rings. The van der Waals surface area contributed by atoms with E-state index in [4.69, 9.17) is 4.74 Å². The van der Waals surface area contributed by atoms with Crippen molar-refractivity contribution < 1.29 is 4.74 Å². The van der Waals surface area contributed by atoms with E-state index in [1.807, 2.05) is 12.1 Å². The van der Waals surface area contributed by atoms with E-state index in [9.17, 15) is 0 Å². The standard InChI is InChI=1S/C12H10O/c1-3-7-11-9(5-1)10-6-2-4-8-12(10)13-11/h1,3,5,7,10,12H,2,6H2. The third-order valence-electron chi connectivity index (χ3n) is 2.76. The summed E-state index contributed by atoms with van der Waals surface area (Å²) >= 11 is 0. The molecule has 0 saturated carbocycles. The first kappa shape index (κ1) is 7.03. The zero-order chi connectivity index (χ0) is 8.67. The summed E-state index contributed by atoms with van der Waals surface area (Å²) in [6.45, 7) is 0. The van der Waals surface area contributed by atoms with Crippen LogP contribution in [0.1, 0.15) is 24.3 Å². The normalized spacial score (nSPS) is 28.0. The molecule has 0 fully saturated rings. The van der Waals surface area contributed by atoms with Gasteiger partial charge in [-0.3, -0.25) is 0 Å². The molecule has 64 valence electrons. The van der Waals surface area contributed by atoms with Gasteiger partial charge in [0.2, 0.25) is 0 Å². The van der Waals surface area contributed by atoms with Crippen LogP contribution in [0.3, 0.4) is 0 Å². The van der Waals surface area contributed by atoms with E-state index in [2.05, 4.69) is 24.0 Å². The predicted molar refractivity (Wildman–Crippen MR) is 50.6 cm³/mol. The first-order valence-corrected chi connectivity index (χ1v) is 4.69. The van der Waals surface area contributed by atoms with Gasteiger partial charge in [-0.05, 0) is 12.5 Å². The minimum atomic E-state index is 0.131. The van der Waals surface area contributed by atoms with E-state index < -0.39 is 0 Å². The van der Waals surface area contributed by atoms with Crippen LogP contribution in [0.2, 0.25) is 0 Å². The number of hydrogen-bond acceptors (Lipinski definition) is 1. The Kier molecular flexibility index (Phi) is 1.37. The Morgan fingerprint density at radius 3 is 3.23 bits per heavy atom. The van der Waals surface area contributed by atoms with Gasteiger partial charge >= 0.3 is 0 Å². The minimum absolute atomic E-state index is 0.131. The van der Waals surface area contributed by atoms with Crippen molar-refractivity contribution >= 4 is 0 Å². The Bertz CT molecular complexity index is 397. The van der Waals surface area contributed by atoms with Crippen LogP contribution in [0, 0.1) is 11.8 Å². The van der Waals surface area contributed by atoms with Crippen LogP contribution in [0.15, 0.2) is 24.3 Å². The Hall–Kier alpha value is -1.42. The highest BCUT2D eigenvalue weighted by Crippen LogP contribution is 2.41. The second-order valence-corrected chi connectivity index (χ2v) is 3.54. The summed E-state index contributed by atoms with van der Waals surface area (Å²) in [5.41, 5.74) is 1.35. The van der Waals surface area contributed by atoms with Crippen LogP contribution in [0.25, 0.3) is 0 Å². The summed E-state index contributed by atoms with van der Waals surface area (Å²) in [5.74, 6) is 7.83. The molecular weight excluding hydrogens is 160 g/mol. The summed E-state index contributed by atoms with van der Waals surface area (Å²) in [6, 6.07) is 8.29. The highest BCUT2D eigenvalue weighted by molar-refractivity contribution is 5.44. The SMILES string of the molecule is C1#CC2Oc3ccccc3C2CC1. The molecule has 1 aliphatic heterocycles. The third kappa shape index (κ3) is 0.954. The largest absolute Gasteiger partial charge is 0.477 e. The number of ether oxygens (including phenoxy) is 1. The van der Waals surface area contributed by atoms with Gasteiger partial charge in [0.15, 0.2) is 6.10 Å². The van der Waals surface area contributed by atoms with Crippen LogP contribution < -0.4 is 4.74 Å². The highest BCUT2D eigenvalue weighted by Gasteiger charge is 2.33. The Morgan fingerprint density at radius 1 is 1.31 bits per heavy atom. The zero-order valence-corrected chi connectivity index (χ0v) is 7.29. The maximum Gasteiger partial charge on any atom is 0.166 e. The summed E-state index contributed by atoms with van der Waals surface area (Å²) < 4.78 is 5.74. The van der Waals surface area contributed by atoms with E-state index in [1.54, 1.807) is 0 Å². The second kappa shape index (κ2) is 2.53. The molecule has 3 rings (SSSR count). The van der Waals surface area contributed by atoms with Gasteiger partial charge in [0.1, 0.15) is 5.75 Å². The van der Waals surface area contributed by atoms with Gasteiger partial charge in [0, 0.05) is 17.9 Å². The van der Waals surface area contributed by atoms with Crippen molar-refractivity contribution in [1.29, 1.82) is 0 Å². The molecule has 2 unspecified atom stereocenters. The third-order valence-corrected chi connectivity index (χ3v) is 2.76. The molecule has 0 amide bonds. The Morgan fingerprint density at radius 2 is 2.23 bits per heavy atom. The van der Waals surface area contributed by atoms with Gasteiger partial charge in [0.25, 0.3) is 0 Å².